The first kappa shape index (κ1) is 25.4. The van der Waals surface area contributed by atoms with Crippen molar-refractivity contribution in [3.05, 3.63) is 60.2 Å². The van der Waals surface area contributed by atoms with Crippen molar-refractivity contribution in [2.75, 3.05) is 32.8 Å². The van der Waals surface area contributed by atoms with Gasteiger partial charge in [0.25, 0.3) is 0 Å². The van der Waals surface area contributed by atoms with E-state index in [-0.39, 0.29) is 32.7 Å². The van der Waals surface area contributed by atoms with E-state index in [1.807, 2.05) is 24.3 Å². The van der Waals surface area contributed by atoms with Gasteiger partial charge in [0.15, 0.2) is 0 Å². The Morgan fingerprint density at radius 1 is 0.767 bits per heavy atom. The minimum absolute atomic E-state index is 0. The molecule has 1 heterocycles. The predicted octanol–water partition coefficient (Wildman–Crippen LogP) is 6.22. The second-order valence-electron chi connectivity index (χ2n) is 8.45. The van der Waals surface area contributed by atoms with Gasteiger partial charge in [-0.15, -0.1) is 0 Å². The third-order valence-corrected chi connectivity index (χ3v) is 6.03. The Hall–Kier alpha value is -0.896. The summed E-state index contributed by atoms with van der Waals surface area (Å²) in [6.45, 7) is 8.42. The summed E-state index contributed by atoms with van der Waals surface area (Å²) in [5, 5.41) is 0. The maximum Gasteiger partial charge on any atom is 0.137 e. The van der Waals surface area contributed by atoms with E-state index in [1.165, 1.54) is 50.8 Å². The molecular formula is C26H38NO2Y+. The minimum atomic E-state index is 0. The van der Waals surface area contributed by atoms with Gasteiger partial charge in [0, 0.05) is 44.3 Å². The molecule has 0 saturated carbocycles. The van der Waals surface area contributed by atoms with E-state index in [0.717, 1.165) is 55.1 Å². The maximum atomic E-state index is 6.19. The molecule has 0 N–H and O–H groups in total. The summed E-state index contributed by atoms with van der Waals surface area (Å²) in [7, 11) is 0. The number of unbranched alkanes of at least 4 members (excludes halogenated alkanes) is 1. The summed E-state index contributed by atoms with van der Waals surface area (Å²) in [6, 6.07) is 19.1. The number of rotatable bonds is 10. The second kappa shape index (κ2) is 14.2. The van der Waals surface area contributed by atoms with Gasteiger partial charge in [-0.2, -0.15) is 0 Å². The van der Waals surface area contributed by atoms with Crippen LogP contribution in [0.4, 0.5) is 0 Å². The van der Waals surface area contributed by atoms with E-state index < -0.39 is 0 Å². The molecule has 1 aliphatic rings. The maximum absolute atomic E-state index is 6.19. The molecule has 2 aromatic carbocycles. The molecule has 3 nitrogen and oxygen atoms in total. The van der Waals surface area contributed by atoms with Crippen LogP contribution in [0.25, 0.3) is 0 Å². The standard InChI is InChI=1S/C26H38NO2.Y/c1-2-3-20-28-25-15-12-16-26(22-25)29-21-19-27(17-10-5-4-6-11-18-27)23-24-13-8-7-9-14-24;/h7-9,12-16,22H,2-6,10-11,17-21,23H2,1H3;/q+1;. The van der Waals surface area contributed by atoms with E-state index in [9.17, 15) is 0 Å². The Labute approximate surface area is 208 Å². The molecule has 30 heavy (non-hydrogen) atoms. The van der Waals surface area contributed by atoms with Crippen molar-refractivity contribution >= 4 is 0 Å². The molecule has 1 radical (unpaired) electrons. The fourth-order valence-electron chi connectivity index (χ4n) is 4.31. The van der Waals surface area contributed by atoms with E-state index in [1.54, 1.807) is 0 Å². The second-order valence-corrected chi connectivity index (χ2v) is 8.45. The van der Waals surface area contributed by atoms with Gasteiger partial charge in [0.1, 0.15) is 31.2 Å². The zero-order chi connectivity index (χ0) is 20.2. The molecule has 0 bridgehead atoms. The van der Waals surface area contributed by atoms with Crippen LogP contribution in [0, 0.1) is 0 Å². The molecule has 0 atom stereocenters. The predicted molar refractivity (Wildman–Crippen MR) is 120 cm³/mol. The SMILES string of the molecule is CCCCOc1cccc(OCC[N+]2(Cc3ccccc3)CCCCCCC2)c1.[Y]. The number of benzene rings is 2. The van der Waals surface area contributed by atoms with Gasteiger partial charge >= 0.3 is 0 Å². The Kier molecular flexibility index (Phi) is 12.0. The van der Waals surface area contributed by atoms with Crippen LogP contribution in [0.5, 0.6) is 11.5 Å². The molecule has 0 aliphatic carbocycles. The van der Waals surface area contributed by atoms with Gasteiger partial charge in [-0.3, -0.25) is 0 Å². The van der Waals surface area contributed by atoms with E-state index in [2.05, 4.69) is 37.3 Å². The van der Waals surface area contributed by atoms with Crippen molar-refractivity contribution in [2.24, 2.45) is 0 Å². The first-order chi connectivity index (χ1) is 14.3. The molecule has 0 spiro atoms. The van der Waals surface area contributed by atoms with Crippen molar-refractivity contribution in [1.29, 1.82) is 0 Å². The quantitative estimate of drug-likeness (QED) is 0.294. The number of hydrogen-bond acceptors (Lipinski definition) is 2. The van der Waals surface area contributed by atoms with Crippen LogP contribution in [0.1, 0.15) is 57.4 Å². The fourth-order valence-corrected chi connectivity index (χ4v) is 4.31. The van der Waals surface area contributed by atoms with Gasteiger partial charge in [0.05, 0.1) is 19.7 Å². The monoisotopic (exact) mass is 485 g/mol. The van der Waals surface area contributed by atoms with Crippen molar-refractivity contribution in [3.63, 3.8) is 0 Å². The zero-order valence-electron chi connectivity index (χ0n) is 18.7. The molecule has 2 aromatic rings. The van der Waals surface area contributed by atoms with E-state index >= 15 is 0 Å². The molecule has 1 fully saturated rings. The van der Waals surface area contributed by atoms with Crippen LogP contribution in [0.3, 0.4) is 0 Å². The molecule has 4 heteroatoms. The number of likely N-dealkylation sites (tertiary alicyclic amines) is 1. The molecule has 0 aromatic heterocycles. The summed E-state index contributed by atoms with van der Waals surface area (Å²) < 4.78 is 13.2. The molecule has 0 amide bonds. The van der Waals surface area contributed by atoms with Crippen LogP contribution >= 0.6 is 0 Å². The number of quaternary nitrogens is 1. The van der Waals surface area contributed by atoms with Crippen molar-refractivity contribution in [2.45, 2.75) is 58.4 Å². The number of nitrogens with zero attached hydrogens (tertiary/aromatic N) is 1. The zero-order valence-corrected chi connectivity index (χ0v) is 21.6. The van der Waals surface area contributed by atoms with Crippen LogP contribution < -0.4 is 9.47 Å². The molecule has 161 valence electrons. The Morgan fingerprint density at radius 2 is 1.40 bits per heavy atom. The Morgan fingerprint density at radius 3 is 2.07 bits per heavy atom. The molecular weight excluding hydrogens is 447 g/mol. The largest absolute Gasteiger partial charge is 0.493 e. The topological polar surface area (TPSA) is 18.5 Å². The minimum Gasteiger partial charge on any atom is -0.493 e. The molecule has 1 aliphatic heterocycles. The van der Waals surface area contributed by atoms with Gasteiger partial charge < -0.3 is 14.0 Å². The van der Waals surface area contributed by atoms with Crippen LogP contribution in [-0.4, -0.2) is 37.3 Å². The van der Waals surface area contributed by atoms with Gasteiger partial charge in [0.2, 0.25) is 0 Å². The third-order valence-electron chi connectivity index (χ3n) is 6.03. The van der Waals surface area contributed by atoms with Gasteiger partial charge in [-0.05, 0) is 44.2 Å². The first-order valence-corrected chi connectivity index (χ1v) is 11.5. The Bertz CT molecular complexity index is 699. The van der Waals surface area contributed by atoms with Crippen LogP contribution in [-0.2, 0) is 39.3 Å². The smallest absolute Gasteiger partial charge is 0.137 e. The molecule has 1 saturated heterocycles. The fraction of sp³-hybridized carbons (Fsp3) is 0.538. The van der Waals surface area contributed by atoms with Crippen LogP contribution in [0.15, 0.2) is 54.6 Å². The molecule has 0 unspecified atom stereocenters. The summed E-state index contributed by atoms with van der Waals surface area (Å²) in [6.07, 6.45) is 9.02. The van der Waals surface area contributed by atoms with Crippen molar-refractivity contribution in [1.82, 2.24) is 0 Å². The van der Waals surface area contributed by atoms with Gasteiger partial charge in [-0.1, -0.05) is 56.2 Å². The number of hydrogen-bond donors (Lipinski definition) is 0. The summed E-state index contributed by atoms with van der Waals surface area (Å²) >= 11 is 0. The normalized spacial score (nSPS) is 16.0. The molecule has 3 rings (SSSR count). The van der Waals surface area contributed by atoms with Crippen molar-refractivity contribution in [3.8, 4) is 11.5 Å². The average Bonchev–Trinajstić information content (AvgIpc) is 2.72. The van der Waals surface area contributed by atoms with Gasteiger partial charge in [-0.25, -0.2) is 0 Å². The van der Waals surface area contributed by atoms with Crippen molar-refractivity contribution < 1.29 is 46.7 Å². The Balaban J connectivity index is 0.00000320. The summed E-state index contributed by atoms with van der Waals surface area (Å²) in [4.78, 5) is 0. The van der Waals surface area contributed by atoms with E-state index in [0.29, 0.717) is 0 Å². The summed E-state index contributed by atoms with van der Waals surface area (Å²) in [5.41, 5.74) is 1.44. The average molecular weight is 486 g/mol. The van der Waals surface area contributed by atoms with Crippen LogP contribution in [0.2, 0.25) is 0 Å². The first-order valence-electron chi connectivity index (χ1n) is 11.5. The number of ether oxygens (including phenoxy) is 2. The van der Waals surface area contributed by atoms with E-state index in [4.69, 9.17) is 9.47 Å². The summed E-state index contributed by atoms with van der Waals surface area (Å²) in [5.74, 6) is 1.83. The third kappa shape index (κ3) is 8.69.